The molecule has 2 aromatic rings. The molecule has 0 spiro atoms. The molecule has 0 saturated heterocycles. The van der Waals surface area contributed by atoms with Crippen LogP contribution in [0.5, 0.6) is 0 Å². The first-order chi connectivity index (χ1) is 14.7. The van der Waals surface area contributed by atoms with E-state index in [1.54, 1.807) is 25.7 Å². The summed E-state index contributed by atoms with van der Waals surface area (Å²) in [5.74, 6) is 5.66. The van der Waals surface area contributed by atoms with Gasteiger partial charge >= 0.3 is 5.97 Å². The maximum Gasteiger partial charge on any atom is 0.355 e. The minimum absolute atomic E-state index is 0.00167. The number of esters is 1. The lowest BCUT2D eigenvalue weighted by atomic mass is 10.1. The zero-order chi connectivity index (χ0) is 23.1. The second kappa shape index (κ2) is 11.2. The van der Waals surface area contributed by atoms with Crippen molar-refractivity contribution < 1.29 is 19.1 Å². The first-order valence-corrected chi connectivity index (χ1v) is 11.8. The maximum absolute atomic E-state index is 12.8. The highest BCUT2D eigenvalue weighted by molar-refractivity contribution is 8.00. The Bertz CT molecular complexity index is 952. The summed E-state index contributed by atoms with van der Waals surface area (Å²) in [7, 11) is 0. The Labute approximate surface area is 189 Å². The van der Waals surface area contributed by atoms with Crippen LogP contribution in [0.2, 0.25) is 0 Å². The molecule has 31 heavy (non-hydrogen) atoms. The van der Waals surface area contributed by atoms with E-state index < -0.39 is 5.97 Å². The third-order valence-corrected chi connectivity index (χ3v) is 6.47. The molecule has 1 amide bonds. The molecule has 2 aromatic heterocycles. The molecule has 0 aliphatic rings. The molecule has 0 aliphatic carbocycles. The summed E-state index contributed by atoms with van der Waals surface area (Å²) < 4.78 is 6.30. The number of nitrogen functional groups attached to an aromatic ring is 1. The third-order valence-electron chi connectivity index (χ3n) is 4.60. The number of Topliss-reactive ketones (excluding diaryl/α,β-unsaturated/α-hetero) is 1. The van der Waals surface area contributed by atoms with Gasteiger partial charge < -0.3 is 20.5 Å². The van der Waals surface area contributed by atoms with Gasteiger partial charge in [0.15, 0.2) is 5.78 Å². The van der Waals surface area contributed by atoms with Gasteiger partial charge in [-0.15, -0.1) is 10.2 Å². The number of carbonyl (C=O) groups is 3. The van der Waals surface area contributed by atoms with Crippen molar-refractivity contribution in [3.8, 4) is 0 Å². The molecule has 170 valence electrons. The largest absolute Gasteiger partial charge is 0.461 e. The van der Waals surface area contributed by atoms with E-state index in [9.17, 15) is 14.4 Å². The molecule has 2 rings (SSSR count). The number of nitrogens with zero attached hydrogens (tertiary/aromatic N) is 4. The van der Waals surface area contributed by atoms with E-state index in [1.165, 1.54) is 16.4 Å². The van der Waals surface area contributed by atoms with Crippen molar-refractivity contribution in [2.24, 2.45) is 0 Å². The van der Waals surface area contributed by atoms with Crippen LogP contribution < -0.4 is 5.84 Å². The van der Waals surface area contributed by atoms with Gasteiger partial charge in [0.2, 0.25) is 16.2 Å². The van der Waals surface area contributed by atoms with Crippen LogP contribution in [0.1, 0.15) is 52.9 Å². The number of aromatic amines is 1. The topological polar surface area (TPSA) is 136 Å². The Balaban J connectivity index is 2.02. The van der Waals surface area contributed by atoms with Crippen LogP contribution in [0.4, 0.5) is 0 Å². The predicted molar refractivity (Wildman–Crippen MR) is 120 cm³/mol. The van der Waals surface area contributed by atoms with E-state index in [0.717, 1.165) is 11.8 Å². The van der Waals surface area contributed by atoms with Crippen LogP contribution in [-0.4, -0.2) is 73.6 Å². The zero-order valence-corrected chi connectivity index (χ0v) is 20.0. The number of hydrogen-bond acceptors (Lipinski definition) is 9. The molecular formula is C19H28N6O4S2. The molecule has 0 fully saturated rings. The summed E-state index contributed by atoms with van der Waals surface area (Å²) in [6, 6.07) is 0. The number of nitrogens with one attached hydrogen (secondary N) is 1. The van der Waals surface area contributed by atoms with Crippen molar-refractivity contribution in [3.05, 3.63) is 22.5 Å². The van der Waals surface area contributed by atoms with Crippen LogP contribution in [0.25, 0.3) is 0 Å². The first-order valence-electron chi connectivity index (χ1n) is 9.88. The summed E-state index contributed by atoms with van der Waals surface area (Å²) in [5, 5.41) is 8.79. The number of ether oxygens (including phenoxy) is 1. The quantitative estimate of drug-likeness (QED) is 0.220. The van der Waals surface area contributed by atoms with Crippen molar-refractivity contribution in [1.82, 2.24) is 24.8 Å². The average molecular weight is 469 g/mol. The smallest absolute Gasteiger partial charge is 0.355 e. The summed E-state index contributed by atoms with van der Waals surface area (Å²) in [6.45, 7) is 10.6. The van der Waals surface area contributed by atoms with E-state index in [1.807, 2.05) is 13.8 Å². The SMILES string of the molecule is CCOC(=O)c1[nH]c(C)c(C(=O)CSc2nnc(SCC(=O)N(CC)CC)n2N)c1C. The number of thioether (sulfide) groups is 2. The lowest BCUT2D eigenvalue weighted by Gasteiger charge is -2.17. The summed E-state index contributed by atoms with van der Waals surface area (Å²) in [5.41, 5.74) is 1.90. The van der Waals surface area contributed by atoms with E-state index >= 15 is 0 Å². The normalized spacial score (nSPS) is 10.9. The molecule has 0 radical (unpaired) electrons. The number of nitrogens with two attached hydrogens (primary N) is 1. The van der Waals surface area contributed by atoms with Gasteiger partial charge in [-0.1, -0.05) is 23.5 Å². The molecular weight excluding hydrogens is 440 g/mol. The maximum atomic E-state index is 12.8. The molecule has 2 heterocycles. The van der Waals surface area contributed by atoms with Crippen molar-refractivity contribution in [2.75, 3.05) is 37.0 Å². The second-order valence-corrected chi connectivity index (χ2v) is 8.43. The van der Waals surface area contributed by atoms with Gasteiger partial charge in [-0.25, -0.2) is 9.47 Å². The van der Waals surface area contributed by atoms with Crippen LogP contribution in [0.15, 0.2) is 10.3 Å². The molecule has 10 nitrogen and oxygen atoms in total. The number of H-pyrrole nitrogens is 1. The Hall–Kier alpha value is -2.47. The number of aromatic nitrogens is 4. The summed E-state index contributed by atoms with van der Waals surface area (Å²) in [4.78, 5) is 41.6. The highest BCUT2D eigenvalue weighted by Crippen LogP contribution is 2.25. The first kappa shape index (κ1) is 24.8. The lowest BCUT2D eigenvalue weighted by Crippen LogP contribution is -2.32. The third kappa shape index (κ3) is 5.82. The highest BCUT2D eigenvalue weighted by atomic mass is 32.2. The predicted octanol–water partition coefficient (Wildman–Crippen LogP) is 2.05. The summed E-state index contributed by atoms with van der Waals surface area (Å²) >= 11 is 2.34. The van der Waals surface area contributed by atoms with Gasteiger partial charge in [0, 0.05) is 24.3 Å². The number of amides is 1. The number of hydrogen-bond donors (Lipinski definition) is 2. The fourth-order valence-corrected chi connectivity index (χ4v) is 4.58. The Morgan fingerprint density at radius 3 is 2.19 bits per heavy atom. The van der Waals surface area contributed by atoms with Gasteiger partial charge in [0.05, 0.1) is 18.1 Å². The fraction of sp³-hybridized carbons (Fsp3) is 0.526. The number of rotatable bonds is 11. The molecule has 0 atom stereocenters. The fourth-order valence-electron chi connectivity index (χ4n) is 3.03. The number of aryl methyl sites for hydroxylation is 1. The van der Waals surface area contributed by atoms with Gasteiger partial charge in [0.25, 0.3) is 0 Å². The average Bonchev–Trinajstić information content (AvgIpc) is 3.24. The zero-order valence-electron chi connectivity index (χ0n) is 18.4. The molecule has 0 unspecified atom stereocenters. The molecule has 0 saturated carbocycles. The van der Waals surface area contributed by atoms with Crippen molar-refractivity contribution in [2.45, 2.75) is 44.9 Å². The van der Waals surface area contributed by atoms with Gasteiger partial charge in [-0.2, -0.15) is 0 Å². The lowest BCUT2D eigenvalue weighted by molar-refractivity contribution is -0.127. The van der Waals surface area contributed by atoms with Crippen molar-refractivity contribution in [3.63, 3.8) is 0 Å². The molecule has 12 heteroatoms. The summed E-state index contributed by atoms with van der Waals surface area (Å²) in [6.07, 6.45) is 0. The highest BCUT2D eigenvalue weighted by Gasteiger charge is 2.23. The number of ketones is 1. The second-order valence-electron chi connectivity index (χ2n) is 6.55. The molecule has 0 aromatic carbocycles. The van der Waals surface area contributed by atoms with Crippen LogP contribution >= 0.6 is 23.5 Å². The minimum Gasteiger partial charge on any atom is -0.461 e. The number of carbonyl (C=O) groups excluding carboxylic acids is 3. The van der Waals surface area contributed by atoms with Crippen LogP contribution in [-0.2, 0) is 9.53 Å². The minimum atomic E-state index is -0.488. The van der Waals surface area contributed by atoms with E-state index in [0.29, 0.717) is 40.2 Å². The van der Waals surface area contributed by atoms with Crippen molar-refractivity contribution >= 4 is 41.2 Å². The molecule has 0 bridgehead atoms. The monoisotopic (exact) mass is 468 g/mol. The standard InChI is InChI=1S/C19H28N6O4S2/c1-6-24(7-2)14(27)10-31-19-23-22-18(25(19)20)30-9-13(26)15-11(4)16(21-12(15)5)17(28)29-8-3/h21H,6-10,20H2,1-5H3. The van der Waals surface area contributed by atoms with E-state index in [4.69, 9.17) is 10.6 Å². The molecule has 3 N–H and O–H groups in total. The van der Waals surface area contributed by atoms with Gasteiger partial charge in [-0.3, -0.25) is 9.59 Å². The van der Waals surface area contributed by atoms with E-state index in [-0.39, 0.29) is 35.5 Å². The Kier molecular flexibility index (Phi) is 8.99. The van der Waals surface area contributed by atoms with Crippen LogP contribution in [0, 0.1) is 13.8 Å². The molecule has 0 aliphatic heterocycles. The Morgan fingerprint density at radius 2 is 1.65 bits per heavy atom. The van der Waals surface area contributed by atoms with Crippen molar-refractivity contribution in [1.29, 1.82) is 0 Å². The van der Waals surface area contributed by atoms with E-state index in [2.05, 4.69) is 15.2 Å². The Morgan fingerprint density at radius 1 is 1.06 bits per heavy atom. The van der Waals surface area contributed by atoms with Crippen LogP contribution in [0.3, 0.4) is 0 Å². The van der Waals surface area contributed by atoms with Gasteiger partial charge in [0.1, 0.15) is 5.69 Å². The van der Waals surface area contributed by atoms with Gasteiger partial charge in [-0.05, 0) is 40.2 Å².